The fourth-order valence-corrected chi connectivity index (χ4v) is 1.93. The highest BCUT2D eigenvalue weighted by Crippen LogP contribution is 2.25. The lowest BCUT2D eigenvalue weighted by Crippen LogP contribution is -2.03. The number of benzene rings is 1. The zero-order chi connectivity index (χ0) is 13.2. The second-order valence-electron chi connectivity index (χ2n) is 4.84. The van der Waals surface area contributed by atoms with Crippen molar-refractivity contribution in [2.45, 2.75) is 25.8 Å². The summed E-state index contributed by atoms with van der Waals surface area (Å²) in [4.78, 5) is 19.9. The molecule has 3 rings (SSSR count). The SMILES string of the molecule is CC(=O)c1cccc(-c2cc(NC3CC3)ncn2)c1. The Labute approximate surface area is 111 Å². The second kappa shape index (κ2) is 4.80. The lowest BCUT2D eigenvalue weighted by atomic mass is 10.1. The Kier molecular flexibility index (Phi) is 2.99. The zero-order valence-corrected chi connectivity index (χ0v) is 10.8. The molecule has 0 unspecified atom stereocenters. The molecule has 0 atom stereocenters. The van der Waals surface area contributed by atoms with Gasteiger partial charge >= 0.3 is 0 Å². The van der Waals surface area contributed by atoms with Gasteiger partial charge in [0.25, 0.3) is 0 Å². The van der Waals surface area contributed by atoms with E-state index in [1.807, 2.05) is 30.3 Å². The maximum absolute atomic E-state index is 11.4. The molecule has 0 radical (unpaired) electrons. The minimum Gasteiger partial charge on any atom is -0.367 e. The number of hydrogen-bond donors (Lipinski definition) is 1. The van der Waals surface area contributed by atoms with Crippen molar-refractivity contribution in [3.63, 3.8) is 0 Å². The number of hydrogen-bond acceptors (Lipinski definition) is 4. The third-order valence-corrected chi connectivity index (χ3v) is 3.16. The summed E-state index contributed by atoms with van der Waals surface area (Å²) >= 11 is 0. The molecule has 1 fully saturated rings. The lowest BCUT2D eigenvalue weighted by Gasteiger charge is -2.06. The van der Waals surface area contributed by atoms with E-state index in [1.54, 1.807) is 13.3 Å². The highest BCUT2D eigenvalue weighted by molar-refractivity contribution is 5.95. The van der Waals surface area contributed by atoms with Gasteiger partial charge in [-0.1, -0.05) is 18.2 Å². The first-order valence-electron chi connectivity index (χ1n) is 6.42. The van der Waals surface area contributed by atoms with E-state index < -0.39 is 0 Å². The number of carbonyl (C=O) groups is 1. The molecule has 1 aromatic carbocycles. The Balaban J connectivity index is 1.91. The van der Waals surface area contributed by atoms with Crippen LogP contribution < -0.4 is 5.32 Å². The molecule has 1 N–H and O–H groups in total. The van der Waals surface area contributed by atoms with Crippen LogP contribution in [0.15, 0.2) is 36.7 Å². The standard InChI is InChI=1S/C15H15N3O/c1-10(19)11-3-2-4-12(7-11)14-8-15(17-9-16-14)18-13-5-6-13/h2-4,7-9,13H,5-6H2,1H3,(H,16,17,18). The van der Waals surface area contributed by atoms with Gasteiger partial charge in [-0.3, -0.25) is 4.79 Å². The van der Waals surface area contributed by atoms with Gasteiger partial charge in [0.2, 0.25) is 0 Å². The molecular weight excluding hydrogens is 238 g/mol. The van der Waals surface area contributed by atoms with Crippen LogP contribution in [0.25, 0.3) is 11.3 Å². The number of carbonyl (C=O) groups excluding carboxylic acids is 1. The summed E-state index contributed by atoms with van der Waals surface area (Å²) in [7, 11) is 0. The summed E-state index contributed by atoms with van der Waals surface area (Å²) < 4.78 is 0. The Morgan fingerprint density at radius 1 is 1.26 bits per heavy atom. The molecule has 1 aliphatic carbocycles. The van der Waals surface area contributed by atoms with Gasteiger partial charge in [-0.15, -0.1) is 0 Å². The first kappa shape index (κ1) is 11.8. The van der Waals surface area contributed by atoms with Gasteiger partial charge < -0.3 is 5.32 Å². The molecular formula is C15H15N3O. The second-order valence-corrected chi connectivity index (χ2v) is 4.84. The van der Waals surface area contributed by atoms with Crippen molar-refractivity contribution in [1.29, 1.82) is 0 Å². The molecule has 0 amide bonds. The molecule has 4 heteroatoms. The van der Waals surface area contributed by atoms with E-state index >= 15 is 0 Å². The largest absolute Gasteiger partial charge is 0.367 e. The maximum Gasteiger partial charge on any atom is 0.159 e. The molecule has 0 aliphatic heterocycles. The molecule has 0 saturated heterocycles. The molecule has 0 bridgehead atoms. The van der Waals surface area contributed by atoms with Crippen LogP contribution in [0.5, 0.6) is 0 Å². The van der Waals surface area contributed by atoms with Crippen LogP contribution >= 0.6 is 0 Å². The normalized spacial score (nSPS) is 14.2. The molecule has 1 saturated carbocycles. The van der Waals surface area contributed by atoms with Gasteiger partial charge in [-0.05, 0) is 25.8 Å². The van der Waals surface area contributed by atoms with Crippen LogP contribution in [-0.2, 0) is 0 Å². The first-order valence-corrected chi connectivity index (χ1v) is 6.42. The highest BCUT2D eigenvalue weighted by Gasteiger charge is 2.21. The van der Waals surface area contributed by atoms with Gasteiger partial charge in [0.1, 0.15) is 12.1 Å². The zero-order valence-electron chi connectivity index (χ0n) is 10.8. The van der Waals surface area contributed by atoms with Crippen molar-refractivity contribution in [2.24, 2.45) is 0 Å². The molecule has 0 spiro atoms. The predicted octanol–water partition coefficient (Wildman–Crippen LogP) is 2.92. The van der Waals surface area contributed by atoms with E-state index in [9.17, 15) is 4.79 Å². The van der Waals surface area contributed by atoms with Crippen molar-refractivity contribution in [2.75, 3.05) is 5.32 Å². The van der Waals surface area contributed by atoms with E-state index in [0.717, 1.165) is 17.1 Å². The third-order valence-electron chi connectivity index (χ3n) is 3.16. The van der Waals surface area contributed by atoms with Crippen LogP contribution in [0.4, 0.5) is 5.82 Å². The van der Waals surface area contributed by atoms with E-state index in [4.69, 9.17) is 0 Å². The Hall–Kier alpha value is -2.23. The quantitative estimate of drug-likeness (QED) is 0.851. The topological polar surface area (TPSA) is 54.9 Å². The summed E-state index contributed by atoms with van der Waals surface area (Å²) in [6.45, 7) is 1.57. The van der Waals surface area contributed by atoms with Gasteiger partial charge in [-0.2, -0.15) is 0 Å². The van der Waals surface area contributed by atoms with E-state index in [-0.39, 0.29) is 5.78 Å². The van der Waals surface area contributed by atoms with Crippen LogP contribution in [-0.4, -0.2) is 21.8 Å². The molecule has 1 aromatic heterocycles. The van der Waals surface area contributed by atoms with Gasteiger partial charge in [-0.25, -0.2) is 9.97 Å². The summed E-state index contributed by atoms with van der Waals surface area (Å²) in [5, 5.41) is 3.35. The summed E-state index contributed by atoms with van der Waals surface area (Å²) in [5.41, 5.74) is 2.48. The number of anilines is 1. The van der Waals surface area contributed by atoms with Crippen LogP contribution in [0, 0.1) is 0 Å². The van der Waals surface area contributed by atoms with Crippen molar-refractivity contribution in [1.82, 2.24) is 9.97 Å². The fourth-order valence-electron chi connectivity index (χ4n) is 1.93. The summed E-state index contributed by atoms with van der Waals surface area (Å²) in [5.74, 6) is 0.910. The minimum absolute atomic E-state index is 0.0623. The Morgan fingerprint density at radius 2 is 2.11 bits per heavy atom. The molecule has 96 valence electrons. The average molecular weight is 253 g/mol. The molecule has 1 heterocycles. The third kappa shape index (κ3) is 2.78. The van der Waals surface area contributed by atoms with Gasteiger partial charge in [0.15, 0.2) is 5.78 Å². The minimum atomic E-state index is 0.0623. The molecule has 4 nitrogen and oxygen atoms in total. The van der Waals surface area contributed by atoms with Crippen molar-refractivity contribution in [3.8, 4) is 11.3 Å². The summed E-state index contributed by atoms with van der Waals surface area (Å²) in [6.07, 6.45) is 3.97. The molecule has 1 aliphatic rings. The lowest BCUT2D eigenvalue weighted by molar-refractivity contribution is 0.101. The molecule has 2 aromatic rings. The smallest absolute Gasteiger partial charge is 0.159 e. The van der Waals surface area contributed by atoms with Crippen molar-refractivity contribution < 1.29 is 4.79 Å². The van der Waals surface area contributed by atoms with Crippen molar-refractivity contribution >= 4 is 11.6 Å². The van der Waals surface area contributed by atoms with E-state index in [2.05, 4.69) is 15.3 Å². The Morgan fingerprint density at radius 3 is 2.84 bits per heavy atom. The van der Waals surface area contributed by atoms with Crippen LogP contribution in [0.1, 0.15) is 30.1 Å². The maximum atomic E-state index is 11.4. The monoisotopic (exact) mass is 253 g/mol. The Bertz CT molecular complexity index is 620. The van der Waals surface area contributed by atoms with E-state index in [1.165, 1.54) is 12.8 Å². The fraction of sp³-hybridized carbons (Fsp3) is 0.267. The number of Topliss-reactive ketones (excluding diaryl/α,β-unsaturated/α-hetero) is 1. The molecule has 19 heavy (non-hydrogen) atoms. The van der Waals surface area contributed by atoms with Gasteiger partial charge in [0, 0.05) is 23.2 Å². The number of nitrogens with one attached hydrogen (secondary N) is 1. The van der Waals surface area contributed by atoms with Crippen LogP contribution in [0.3, 0.4) is 0 Å². The first-order chi connectivity index (χ1) is 9.22. The van der Waals surface area contributed by atoms with E-state index in [0.29, 0.717) is 11.6 Å². The average Bonchev–Trinajstić information content (AvgIpc) is 3.23. The predicted molar refractivity (Wildman–Crippen MR) is 74.1 cm³/mol. The number of nitrogens with zero attached hydrogens (tertiary/aromatic N) is 2. The highest BCUT2D eigenvalue weighted by atomic mass is 16.1. The number of aromatic nitrogens is 2. The number of rotatable bonds is 4. The van der Waals surface area contributed by atoms with Crippen molar-refractivity contribution in [3.05, 3.63) is 42.2 Å². The van der Waals surface area contributed by atoms with Gasteiger partial charge in [0.05, 0.1) is 5.69 Å². The van der Waals surface area contributed by atoms with Crippen LogP contribution in [0.2, 0.25) is 0 Å². The number of ketones is 1. The summed E-state index contributed by atoms with van der Waals surface area (Å²) in [6, 6.07) is 10.0.